The van der Waals surface area contributed by atoms with Gasteiger partial charge in [0.2, 0.25) is 12.7 Å². The van der Waals surface area contributed by atoms with Gasteiger partial charge in [-0.2, -0.15) is 4.98 Å². The van der Waals surface area contributed by atoms with E-state index in [1.807, 2.05) is 31.2 Å². The quantitative estimate of drug-likeness (QED) is 0.939. The number of anilines is 3. The monoisotopic (exact) mass is 312 g/mol. The van der Waals surface area contributed by atoms with Crippen LogP contribution in [0.1, 0.15) is 25.0 Å². The van der Waals surface area contributed by atoms with Crippen LogP contribution in [-0.4, -0.2) is 29.9 Å². The highest BCUT2D eigenvalue weighted by atomic mass is 16.7. The van der Waals surface area contributed by atoms with Crippen molar-refractivity contribution >= 4 is 17.5 Å². The number of aromatic nitrogens is 2. The summed E-state index contributed by atoms with van der Waals surface area (Å²) in [5, 5.41) is 3.34. The number of ether oxygens (including phenoxy) is 2. The molecule has 1 aromatic carbocycles. The first-order valence-corrected chi connectivity index (χ1v) is 8.05. The van der Waals surface area contributed by atoms with Crippen LogP contribution < -0.4 is 19.7 Å². The fourth-order valence-corrected chi connectivity index (χ4v) is 2.97. The van der Waals surface area contributed by atoms with Gasteiger partial charge >= 0.3 is 0 Å². The largest absolute Gasteiger partial charge is 0.454 e. The van der Waals surface area contributed by atoms with Crippen LogP contribution in [0.3, 0.4) is 0 Å². The molecule has 1 fully saturated rings. The molecule has 0 atom stereocenters. The number of fused-ring (bicyclic) bond motifs is 1. The smallest absolute Gasteiger partial charge is 0.231 e. The summed E-state index contributed by atoms with van der Waals surface area (Å²) in [5.74, 6) is 3.16. The maximum absolute atomic E-state index is 5.42. The molecule has 1 N–H and O–H groups in total. The van der Waals surface area contributed by atoms with Crippen molar-refractivity contribution in [1.29, 1.82) is 0 Å². The van der Waals surface area contributed by atoms with E-state index in [9.17, 15) is 0 Å². The van der Waals surface area contributed by atoms with Gasteiger partial charge in [0, 0.05) is 36.6 Å². The minimum absolute atomic E-state index is 0.282. The zero-order valence-electron chi connectivity index (χ0n) is 13.2. The lowest BCUT2D eigenvalue weighted by Gasteiger charge is -2.27. The zero-order valence-corrected chi connectivity index (χ0v) is 13.2. The van der Waals surface area contributed by atoms with Crippen molar-refractivity contribution in [2.75, 3.05) is 30.1 Å². The van der Waals surface area contributed by atoms with Crippen molar-refractivity contribution < 1.29 is 9.47 Å². The lowest BCUT2D eigenvalue weighted by Crippen LogP contribution is -2.31. The number of nitrogens with zero attached hydrogens (tertiary/aromatic N) is 3. The van der Waals surface area contributed by atoms with Crippen LogP contribution in [0.4, 0.5) is 17.5 Å². The topological polar surface area (TPSA) is 59.5 Å². The van der Waals surface area contributed by atoms with E-state index in [1.165, 1.54) is 19.3 Å². The number of piperidine rings is 1. The minimum atomic E-state index is 0.282. The Hall–Kier alpha value is -2.50. The number of aryl methyl sites for hydroxylation is 1. The molecule has 2 aliphatic heterocycles. The predicted octanol–water partition coefficient (Wildman–Crippen LogP) is 3.25. The van der Waals surface area contributed by atoms with Gasteiger partial charge in [0.05, 0.1) is 0 Å². The maximum atomic E-state index is 5.42. The summed E-state index contributed by atoms with van der Waals surface area (Å²) in [6, 6.07) is 7.76. The summed E-state index contributed by atoms with van der Waals surface area (Å²) in [5.41, 5.74) is 1.89. The lowest BCUT2D eigenvalue weighted by molar-refractivity contribution is 0.174. The number of hydrogen-bond acceptors (Lipinski definition) is 6. The highest BCUT2D eigenvalue weighted by Gasteiger charge is 2.16. The molecule has 0 bridgehead atoms. The lowest BCUT2D eigenvalue weighted by atomic mass is 10.1. The molecular weight excluding hydrogens is 292 g/mol. The Bertz CT molecular complexity index is 714. The molecule has 0 saturated carbocycles. The SMILES string of the molecule is Cc1cc(Nc2ccc3c(c2)OCO3)nc(N2CCCCC2)n1. The zero-order chi connectivity index (χ0) is 15.6. The van der Waals surface area contributed by atoms with E-state index in [4.69, 9.17) is 9.47 Å². The molecule has 120 valence electrons. The molecule has 2 aromatic rings. The fraction of sp³-hybridized carbons (Fsp3) is 0.412. The number of rotatable bonds is 3. The molecule has 0 aliphatic carbocycles. The third kappa shape index (κ3) is 3.02. The van der Waals surface area contributed by atoms with Crippen molar-refractivity contribution in [1.82, 2.24) is 9.97 Å². The summed E-state index contributed by atoms with van der Waals surface area (Å²) in [7, 11) is 0. The van der Waals surface area contributed by atoms with Gasteiger partial charge in [-0.1, -0.05) is 0 Å². The second-order valence-corrected chi connectivity index (χ2v) is 5.94. The first-order chi connectivity index (χ1) is 11.3. The molecule has 6 heteroatoms. The van der Waals surface area contributed by atoms with Crippen molar-refractivity contribution in [3.8, 4) is 11.5 Å². The maximum Gasteiger partial charge on any atom is 0.231 e. The fourth-order valence-electron chi connectivity index (χ4n) is 2.97. The van der Waals surface area contributed by atoms with Gasteiger partial charge in [-0.3, -0.25) is 0 Å². The molecule has 1 aromatic heterocycles. The molecule has 6 nitrogen and oxygen atoms in total. The Morgan fingerprint density at radius 1 is 1.00 bits per heavy atom. The van der Waals surface area contributed by atoms with E-state index >= 15 is 0 Å². The average molecular weight is 312 g/mol. The van der Waals surface area contributed by atoms with Crippen molar-refractivity contribution in [2.24, 2.45) is 0 Å². The Morgan fingerprint density at radius 2 is 1.83 bits per heavy atom. The molecule has 0 amide bonds. The second-order valence-electron chi connectivity index (χ2n) is 5.94. The Kier molecular flexibility index (Phi) is 3.65. The number of nitrogens with one attached hydrogen (secondary N) is 1. The molecular formula is C17H20N4O2. The molecule has 3 heterocycles. The van der Waals surface area contributed by atoms with Crippen molar-refractivity contribution in [2.45, 2.75) is 26.2 Å². The van der Waals surface area contributed by atoms with Crippen LogP contribution in [-0.2, 0) is 0 Å². The number of benzene rings is 1. The first-order valence-electron chi connectivity index (χ1n) is 8.05. The Labute approximate surface area is 135 Å². The summed E-state index contributed by atoms with van der Waals surface area (Å²) in [4.78, 5) is 11.5. The van der Waals surface area contributed by atoms with Gasteiger partial charge in [-0.15, -0.1) is 0 Å². The third-order valence-corrected chi connectivity index (χ3v) is 4.13. The van der Waals surface area contributed by atoms with E-state index in [0.717, 1.165) is 47.7 Å². The molecule has 23 heavy (non-hydrogen) atoms. The van der Waals surface area contributed by atoms with Crippen LogP contribution in [0.25, 0.3) is 0 Å². The van der Waals surface area contributed by atoms with Crippen LogP contribution in [0.5, 0.6) is 11.5 Å². The van der Waals surface area contributed by atoms with E-state index in [-0.39, 0.29) is 6.79 Å². The van der Waals surface area contributed by atoms with Crippen molar-refractivity contribution in [3.05, 3.63) is 30.0 Å². The normalized spacial score (nSPS) is 16.5. The van der Waals surface area contributed by atoms with Crippen molar-refractivity contribution in [3.63, 3.8) is 0 Å². The molecule has 1 saturated heterocycles. The van der Waals surface area contributed by atoms with Gasteiger partial charge in [-0.05, 0) is 38.3 Å². The standard InChI is InChI=1S/C17H20N4O2/c1-12-9-16(20-17(18-12)21-7-3-2-4-8-21)19-13-5-6-14-15(10-13)23-11-22-14/h5-6,9-10H,2-4,7-8,11H2,1H3,(H,18,19,20). The van der Waals surface area contributed by atoms with Crippen LogP contribution in [0, 0.1) is 6.92 Å². The number of hydrogen-bond donors (Lipinski definition) is 1. The van der Waals surface area contributed by atoms with E-state index in [1.54, 1.807) is 0 Å². The summed E-state index contributed by atoms with van der Waals surface area (Å²) >= 11 is 0. The molecule has 0 spiro atoms. The van der Waals surface area contributed by atoms with E-state index in [0.29, 0.717) is 0 Å². The summed E-state index contributed by atoms with van der Waals surface area (Å²) < 4.78 is 10.8. The second kappa shape index (κ2) is 5.95. The molecule has 4 rings (SSSR count). The Balaban J connectivity index is 1.57. The van der Waals surface area contributed by atoms with Gasteiger partial charge in [-0.25, -0.2) is 4.98 Å². The summed E-state index contributed by atoms with van der Waals surface area (Å²) in [6.45, 7) is 4.35. The van der Waals surface area contributed by atoms with E-state index < -0.39 is 0 Å². The minimum Gasteiger partial charge on any atom is -0.454 e. The van der Waals surface area contributed by atoms with Crippen LogP contribution in [0.15, 0.2) is 24.3 Å². The summed E-state index contributed by atoms with van der Waals surface area (Å²) in [6.07, 6.45) is 3.72. The third-order valence-electron chi connectivity index (χ3n) is 4.13. The first kappa shape index (κ1) is 14.1. The van der Waals surface area contributed by atoms with Gasteiger partial charge in [0.25, 0.3) is 0 Å². The highest BCUT2D eigenvalue weighted by molar-refractivity contribution is 5.62. The molecule has 0 radical (unpaired) electrons. The van der Waals surface area contributed by atoms with Crippen LogP contribution >= 0.6 is 0 Å². The van der Waals surface area contributed by atoms with Gasteiger partial charge in [0.1, 0.15) is 5.82 Å². The molecule has 0 unspecified atom stereocenters. The average Bonchev–Trinajstić information content (AvgIpc) is 3.03. The van der Waals surface area contributed by atoms with E-state index in [2.05, 4.69) is 20.2 Å². The predicted molar refractivity (Wildman–Crippen MR) is 88.7 cm³/mol. The molecule has 2 aliphatic rings. The van der Waals surface area contributed by atoms with Crippen LogP contribution in [0.2, 0.25) is 0 Å². The highest BCUT2D eigenvalue weighted by Crippen LogP contribution is 2.35. The Morgan fingerprint density at radius 3 is 2.70 bits per heavy atom. The van der Waals surface area contributed by atoms with Gasteiger partial charge < -0.3 is 19.7 Å². The van der Waals surface area contributed by atoms with Gasteiger partial charge in [0.15, 0.2) is 11.5 Å².